The van der Waals surface area contributed by atoms with Crippen LogP contribution in [0.1, 0.15) is 35.0 Å². The lowest BCUT2D eigenvalue weighted by Gasteiger charge is -2.17. The molecule has 0 saturated carbocycles. The van der Waals surface area contributed by atoms with Crippen LogP contribution in [0.4, 0.5) is 0 Å². The molecule has 0 amide bonds. The molecule has 1 N–H and O–H groups in total. The monoisotopic (exact) mass is 243 g/mol. The predicted octanol–water partition coefficient (Wildman–Crippen LogP) is 3.46. The van der Waals surface area contributed by atoms with Crippen LogP contribution in [-0.4, -0.2) is 9.67 Å². The van der Waals surface area contributed by atoms with Crippen molar-refractivity contribution in [2.75, 3.05) is 0 Å². The minimum atomic E-state index is 0.104. The molecule has 0 aliphatic carbocycles. The Labute approximate surface area is 109 Å². The first-order chi connectivity index (χ1) is 8.60. The number of hydrogen-bond acceptors (Lipinski definition) is 1. The summed E-state index contributed by atoms with van der Waals surface area (Å²) in [4.78, 5) is 0. The van der Waals surface area contributed by atoms with Crippen molar-refractivity contribution in [1.82, 2.24) is 4.57 Å². The molecule has 0 radical (unpaired) electrons. The zero-order chi connectivity index (χ0) is 13.3. The van der Waals surface area contributed by atoms with Gasteiger partial charge in [-0.05, 0) is 49.9 Å². The zero-order valence-corrected chi connectivity index (χ0v) is 11.6. The average molecular weight is 243 g/mol. The summed E-state index contributed by atoms with van der Waals surface area (Å²) in [5, 5.41) is 9.39. The van der Waals surface area contributed by atoms with Gasteiger partial charge in [0.15, 0.2) is 0 Å². The minimum Gasteiger partial charge on any atom is -0.392 e. The van der Waals surface area contributed by atoms with E-state index in [4.69, 9.17) is 0 Å². The average Bonchev–Trinajstić information content (AvgIpc) is 2.64. The molecule has 0 aliphatic rings. The third-order valence-corrected chi connectivity index (χ3v) is 3.63. The number of aliphatic hydroxyl groups excluding tert-OH is 1. The highest BCUT2D eigenvalue weighted by Gasteiger charge is 2.14. The van der Waals surface area contributed by atoms with Crippen molar-refractivity contribution >= 4 is 0 Å². The van der Waals surface area contributed by atoms with E-state index in [1.165, 1.54) is 22.5 Å². The summed E-state index contributed by atoms with van der Waals surface area (Å²) in [6, 6.07) is 8.51. The second-order valence-corrected chi connectivity index (χ2v) is 4.83. The molecule has 0 bridgehead atoms. The topological polar surface area (TPSA) is 25.2 Å². The van der Waals surface area contributed by atoms with Gasteiger partial charge in [-0.15, -0.1) is 0 Å². The highest BCUT2D eigenvalue weighted by Crippen LogP contribution is 2.26. The maximum absolute atomic E-state index is 9.39. The first kappa shape index (κ1) is 12.9. The first-order valence-electron chi connectivity index (χ1n) is 6.47. The number of para-hydroxylation sites is 1. The standard InChI is InChI=1S/C16H21NO/c1-5-14-8-6-7-11(2)16(14)17-12(3)9-15(10-18)13(17)4/h6-9,18H,5,10H2,1-4H3. The van der Waals surface area contributed by atoms with Crippen LogP contribution in [0.25, 0.3) is 5.69 Å². The highest BCUT2D eigenvalue weighted by molar-refractivity contribution is 5.51. The van der Waals surface area contributed by atoms with Crippen LogP contribution in [0.5, 0.6) is 0 Å². The second kappa shape index (κ2) is 4.99. The highest BCUT2D eigenvalue weighted by atomic mass is 16.3. The number of rotatable bonds is 3. The molecule has 2 nitrogen and oxygen atoms in total. The van der Waals surface area contributed by atoms with Crippen LogP contribution in [-0.2, 0) is 13.0 Å². The van der Waals surface area contributed by atoms with Gasteiger partial charge in [0, 0.05) is 11.4 Å². The molecule has 1 heterocycles. The number of aryl methyl sites for hydroxylation is 3. The van der Waals surface area contributed by atoms with Gasteiger partial charge in [0.1, 0.15) is 0 Å². The lowest BCUT2D eigenvalue weighted by atomic mass is 10.1. The predicted molar refractivity (Wildman–Crippen MR) is 75.3 cm³/mol. The van der Waals surface area contributed by atoms with Crippen LogP contribution in [0.15, 0.2) is 24.3 Å². The Morgan fingerprint density at radius 1 is 1.11 bits per heavy atom. The van der Waals surface area contributed by atoms with Crippen LogP contribution < -0.4 is 0 Å². The molecule has 2 rings (SSSR count). The Bertz CT molecular complexity index is 567. The second-order valence-electron chi connectivity index (χ2n) is 4.83. The molecule has 96 valence electrons. The van der Waals surface area contributed by atoms with Gasteiger partial charge < -0.3 is 9.67 Å². The fourth-order valence-corrected chi connectivity index (χ4v) is 2.66. The van der Waals surface area contributed by atoms with Crippen LogP contribution in [0, 0.1) is 20.8 Å². The number of nitrogens with zero attached hydrogens (tertiary/aromatic N) is 1. The fraction of sp³-hybridized carbons (Fsp3) is 0.375. The van der Waals surface area contributed by atoms with Gasteiger partial charge in [-0.3, -0.25) is 0 Å². The minimum absolute atomic E-state index is 0.104. The third kappa shape index (κ3) is 1.97. The number of hydrogen-bond donors (Lipinski definition) is 1. The van der Waals surface area contributed by atoms with Gasteiger partial charge in [0.25, 0.3) is 0 Å². The van der Waals surface area contributed by atoms with E-state index in [1.54, 1.807) is 0 Å². The fourth-order valence-electron chi connectivity index (χ4n) is 2.66. The third-order valence-electron chi connectivity index (χ3n) is 3.63. The largest absolute Gasteiger partial charge is 0.392 e. The molecule has 0 fully saturated rings. The van der Waals surface area contributed by atoms with E-state index in [0.717, 1.165) is 17.7 Å². The Morgan fingerprint density at radius 3 is 2.39 bits per heavy atom. The van der Waals surface area contributed by atoms with Crippen molar-refractivity contribution < 1.29 is 5.11 Å². The van der Waals surface area contributed by atoms with E-state index >= 15 is 0 Å². The summed E-state index contributed by atoms with van der Waals surface area (Å²) in [6.07, 6.45) is 1.02. The molecule has 2 aromatic rings. The molecule has 0 atom stereocenters. The van der Waals surface area contributed by atoms with Crippen molar-refractivity contribution in [1.29, 1.82) is 0 Å². The van der Waals surface area contributed by atoms with Crippen LogP contribution in [0.3, 0.4) is 0 Å². The van der Waals surface area contributed by atoms with Gasteiger partial charge in [0.05, 0.1) is 12.3 Å². The van der Waals surface area contributed by atoms with E-state index in [9.17, 15) is 5.11 Å². The van der Waals surface area contributed by atoms with E-state index < -0.39 is 0 Å². The molecule has 1 aromatic heterocycles. The molecule has 0 aliphatic heterocycles. The molecule has 18 heavy (non-hydrogen) atoms. The number of aromatic nitrogens is 1. The van der Waals surface area contributed by atoms with Crippen molar-refractivity contribution in [2.24, 2.45) is 0 Å². The van der Waals surface area contributed by atoms with Crippen molar-refractivity contribution in [2.45, 2.75) is 40.7 Å². The van der Waals surface area contributed by atoms with E-state index in [0.29, 0.717) is 0 Å². The Kier molecular flexibility index (Phi) is 3.58. The van der Waals surface area contributed by atoms with Gasteiger partial charge in [-0.25, -0.2) is 0 Å². The van der Waals surface area contributed by atoms with Gasteiger partial charge in [0.2, 0.25) is 0 Å². The van der Waals surface area contributed by atoms with Crippen molar-refractivity contribution in [3.05, 3.63) is 52.3 Å². The van der Waals surface area contributed by atoms with Crippen LogP contribution in [0.2, 0.25) is 0 Å². The van der Waals surface area contributed by atoms with Gasteiger partial charge in [-0.1, -0.05) is 25.1 Å². The van der Waals surface area contributed by atoms with Gasteiger partial charge in [-0.2, -0.15) is 0 Å². The number of aliphatic hydroxyl groups is 1. The smallest absolute Gasteiger partial charge is 0.0699 e. The van der Waals surface area contributed by atoms with E-state index in [1.807, 2.05) is 0 Å². The summed E-state index contributed by atoms with van der Waals surface area (Å²) in [5.74, 6) is 0. The number of benzene rings is 1. The summed E-state index contributed by atoms with van der Waals surface area (Å²) in [6.45, 7) is 8.60. The maximum Gasteiger partial charge on any atom is 0.0699 e. The Balaban J connectivity index is 2.73. The lowest BCUT2D eigenvalue weighted by Crippen LogP contribution is -2.05. The molecule has 1 aromatic carbocycles. The van der Waals surface area contributed by atoms with E-state index in [-0.39, 0.29) is 6.61 Å². The molecular weight excluding hydrogens is 222 g/mol. The summed E-state index contributed by atoms with van der Waals surface area (Å²) >= 11 is 0. The molecule has 0 unspecified atom stereocenters. The zero-order valence-electron chi connectivity index (χ0n) is 11.6. The summed E-state index contributed by atoms with van der Waals surface area (Å²) in [7, 11) is 0. The SMILES string of the molecule is CCc1cccc(C)c1-n1c(C)cc(CO)c1C. The summed E-state index contributed by atoms with van der Waals surface area (Å²) in [5.41, 5.74) is 7.23. The van der Waals surface area contributed by atoms with Crippen molar-refractivity contribution in [3.8, 4) is 5.69 Å². The van der Waals surface area contributed by atoms with Crippen molar-refractivity contribution in [3.63, 3.8) is 0 Å². The normalized spacial score (nSPS) is 10.9. The molecule has 2 heteroatoms. The first-order valence-corrected chi connectivity index (χ1v) is 6.47. The molecule has 0 spiro atoms. The maximum atomic E-state index is 9.39. The van der Waals surface area contributed by atoms with Crippen LogP contribution >= 0.6 is 0 Å². The van der Waals surface area contributed by atoms with E-state index in [2.05, 4.69) is 56.5 Å². The lowest BCUT2D eigenvalue weighted by molar-refractivity contribution is 0.281. The molecule has 0 saturated heterocycles. The Hall–Kier alpha value is -1.54. The quantitative estimate of drug-likeness (QED) is 0.877. The summed E-state index contributed by atoms with van der Waals surface area (Å²) < 4.78 is 2.26. The Morgan fingerprint density at radius 2 is 1.83 bits per heavy atom. The van der Waals surface area contributed by atoms with Gasteiger partial charge >= 0.3 is 0 Å². The molecular formula is C16H21NO.